The van der Waals surface area contributed by atoms with Crippen molar-refractivity contribution in [2.45, 2.75) is 31.2 Å². The number of benzene rings is 2. The summed E-state index contributed by atoms with van der Waals surface area (Å²) in [4.78, 5) is 23.3. The van der Waals surface area contributed by atoms with Crippen LogP contribution in [0.2, 0.25) is 0 Å². The van der Waals surface area contributed by atoms with Gasteiger partial charge in [-0.1, -0.05) is 48.5 Å². The number of rotatable bonds is 8. The van der Waals surface area contributed by atoms with Gasteiger partial charge in [-0.25, -0.2) is 27.2 Å². The number of hydrogen-bond acceptors (Lipinski definition) is 3. The van der Waals surface area contributed by atoms with Crippen LogP contribution in [0.3, 0.4) is 0 Å². The summed E-state index contributed by atoms with van der Waals surface area (Å²) in [6, 6.07) is 13.2. The molecule has 2 aromatic carbocycles. The molecule has 0 bridgehead atoms. The highest BCUT2D eigenvalue weighted by molar-refractivity contribution is 5.81. The summed E-state index contributed by atoms with van der Waals surface area (Å²) in [5.41, 5.74) is 3.83. The largest absolute Gasteiger partial charge is 0.480 e. The van der Waals surface area contributed by atoms with Gasteiger partial charge in [0.1, 0.15) is 12.6 Å². The standard InChI is InChI=1S/C21H19F4NO4/c22-18(23)15(19(24)25)9-17(20(27)28)26-21(29)30-10-16-13-7-3-1-5-11(13)12-6-2-4-8-14(12)16/h1-8,15-19H,9-10H2,(H,26,29)(H,27,28)/t17-/m0/s1. The molecular weight excluding hydrogens is 406 g/mol. The Morgan fingerprint density at radius 1 is 0.933 bits per heavy atom. The third-order valence-electron chi connectivity index (χ3n) is 5.09. The van der Waals surface area contributed by atoms with Crippen LogP contribution in [-0.2, 0) is 9.53 Å². The molecule has 1 aliphatic carbocycles. The number of carbonyl (C=O) groups is 2. The van der Waals surface area contributed by atoms with Gasteiger partial charge >= 0.3 is 12.1 Å². The number of amides is 1. The lowest BCUT2D eigenvalue weighted by molar-refractivity contribution is -0.141. The van der Waals surface area contributed by atoms with E-state index in [1.165, 1.54) is 0 Å². The van der Waals surface area contributed by atoms with Crippen LogP contribution < -0.4 is 5.32 Å². The van der Waals surface area contributed by atoms with Gasteiger partial charge in [-0.2, -0.15) is 0 Å². The molecule has 0 fully saturated rings. The minimum absolute atomic E-state index is 0.126. The lowest BCUT2D eigenvalue weighted by Gasteiger charge is -2.21. The fourth-order valence-corrected chi connectivity index (χ4v) is 3.59. The molecule has 2 N–H and O–H groups in total. The molecule has 0 unspecified atom stereocenters. The average molecular weight is 425 g/mol. The third kappa shape index (κ3) is 4.55. The maximum Gasteiger partial charge on any atom is 0.407 e. The summed E-state index contributed by atoms with van der Waals surface area (Å²) in [7, 11) is 0. The highest BCUT2D eigenvalue weighted by atomic mass is 19.3. The number of alkyl halides is 4. The first-order valence-corrected chi connectivity index (χ1v) is 9.20. The molecule has 0 saturated carbocycles. The number of fused-ring (bicyclic) bond motifs is 3. The molecule has 160 valence electrons. The van der Waals surface area contributed by atoms with Crippen molar-refractivity contribution in [3.8, 4) is 11.1 Å². The Bertz CT molecular complexity index is 868. The molecule has 0 aromatic heterocycles. The quantitative estimate of drug-likeness (QED) is 0.610. The van der Waals surface area contributed by atoms with Crippen LogP contribution in [0.5, 0.6) is 0 Å². The molecule has 1 amide bonds. The molecule has 2 aromatic rings. The van der Waals surface area contributed by atoms with E-state index in [0.717, 1.165) is 22.3 Å². The van der Waals surface area contributed by atoms with E-state index in [2.05, 4.69) is 0 Å². The van der Waals surface area contributed by atoms with Gasteiger partial charge < -0.3 is 15.2 Å². The van der Waals surface area contributed by atoms with Crippen molar-refractivity contribution in [1.29, 1.82) is 0 Å². The van der Waals surface area contributed by atoms with E-state index >= 15 is 0 Å². The molecule has 3 rings (SSSR count). The average Bonchev–Trinajstić information content (AvgIpc) is 3.02. The third-order valence-corrected chi connectivity index (χ3v) is 5.09. The predicted octanol–water partition coefficient (Wildman–Crippen LogP) is 4.51. The molecule has 0 saturated heterocycles. The van der Waals surface area contributed by atoms with Gasteiger partial charge in [0.2, 0.25) is 12.9 Å². The number of hydrogen-bond donors (Lipinski definition) is 2. The second-order valence-corrected chi connectivity index (χ2v) is 6.93. The van der Waals surface area contributed by atoms with Crippen molar-refractivity contribution in [2.75, 3.05) is 6.61 Å². The highest BCUT2D eigenvalue weighted by Crippen LogP contribution is 2.44. The zero-order valence-corrected chi connectivity index (χ0v) is 15.6. The first kappa shape index (κ1) is 21.6. The van der Waals surface area contributed by atoms with E-state index in [1.807, 2.05) is 53.8 Å². The number of aliphatic carboxylic acids is 1. The monoisotopic (exact) mass is 425 g/mol. The Morgan fingerprint density at radius 2 is 1.43 bits per heavy atom. The fraction of sp³-hybridized carbons (Fsp3) is 0.333. The molecule has 0 heterocycles. The van der Waals surface area contributed by atoms with Crippen LogP contribution in [0.25, 0.3) is 11.1 Å². The second-order valence-electron chi connectivity index (χ2n) is 6.93. The number of nitrogens with one attached hydrogen (secondary N) is 1. The summed E-state index contributed by atoms with van der Waals surface area (Å²) in [5, 5.41) is 11.0. The van der Waals surface area contributed by atoms with Gasteiger partial charge in [0.05, 0.1) is 5.92 Å². The number of ether oxygens (including phenoxy) is 1. The van der Waals surface area contributed by atoms with E-state index in [1.54, 1.807) is 0 Å². The van der Waals surface area contributed by atoms with E-state index in [-0.39, 0.29) is 12.5 Å². The molecule has 0 aliphatic heterocycles. The van der Waals surface area contributed by atoms with Crippen LogP contribution in [0, 0.1) is 5.92 Å². The van der Waals surface area contributed by atoms with E-state index in [9.17, 15) is 27.2 Å². The zero-order chi connectivity index (χ0) is 21.8. The molecule has 1 aliphatic rings. The maximum absolute atomic E-state index is 12.7. The van der Waals surface area contributed by atoms with Gasteiger partial charge in [0.25, 0.3) is 0 Å². The SMILES string of the molecule is O=C(N[C@@H](CC(C(F)F)C(F)F)C(=O)O)OCC1c2ccccc2-c2ccccc21. The van der Waals surface area contributed by atoms with E-state index in [4.69, 9.17) is 9.84 Å². The molecular formula is C21H19F4NO4. The predicted molar refractivity (Wildman–Crippen MR) is 99.7 cm³/mol. The number of alkyl carbamates (subject to hydrolysis) is 1. The van der Waals surface area contributed by atoms with Crippen LogP contribution >= 0.6 is 0 Å². The molecule has 0 spiro atoms. The summed E-state index contributed by atoms with van der Waals surface area (Å²) >= 11 is 0. The van der Waals surface area contributed by atoms with Crippen LogP contribution in [0.1, 0.15) is 23.5 Å². The summed E-state index contributed by atoms with van der Waals surface area (Å²) in [6.45, 7) is -0.126. The van der Waals surface area contributed by atoms with E-state index in [0.29, 0.717) is 0 Å². The lowest BCUT2D eigenvalue weighted by atomic mass is 9.98. The van der Waals surface area contributed by atoms with Crippen molar-refractivity contribution >= 4 is 12.1 Å². The van der Waals surface area contributed by atoms with Crippen molar-refractivity contribution < 1.29 is 37.0 Å². The van der Waals surface area contributed by atoms with Crippen LogP contribution in [0.15, 0.2) is 48.5 Å². The summed E-state index contributed by atoms with van der Waals surface area (Å²) < 4.78 is 56.0. The smallest absolute Gasteiger partial charge is 0.407 e. The maximum atomic E-state index is 12.7. The Hall–Kier alpha value is -3.10. The zero-order valence-electron chi connectivity index (χ0n) is 15.6. The number of carbonyl (C=O) groups excluding carboxylic acids is 1. The summed E-state index contributed by atoms with van der Waals surface area (Å²) in [6.07, 6.45) is -9.13. The van der Waals surface area contributed by atoms with Gasteiger partial charge in [0.15, 0.2) is 0 Å². The first-order chi connectivity index (χ1) is 14.3. The van der Waals surface area contributed by atoms with Crippen LogP contribution in [-0.4, -0.2) is 42.7 Å². The van der Waals surface area contributed by atoms with Gasteiger partial charge in [-0.15, -0.1) is 0 Å². The molecule has 1 atom stereocenters. The Morgan fingerprint density at radius 3 is 1.90 bits per heavy atom. The van der Waals surface area contributed by atoms with Crippen molar-refractivity contribution in [3.63, 3.8) is 0 Å². The number of halogens is 4. The second kappa shape index (κ2) is 9.15. The molecule has 5 nitrogen and oxygen atoms in total. The van der Waals surface area contributed by atoms with Crippen molar-refractivity contribution in [2.24, 2.45) is 5.92 Å². The molecule has 30 heavy (non-hydrogen) atoms. The van der Waals surface area contributed by atoms with Gasteiger partial charge in [0, 0.05) is 5.92 Å². The lowest BCUT2D eigenvalue weighted by Crippen LogP contribution is -2.44. The Labute approximate surface area is 169 Å². The van der Waals surface area contributed by atoms with Crippen molar-refractivity contribution in [3.05, 3.63) is 59.7 Å². The Balaban J connectivity index is 1.67. The first-order valence-electron chi connectivity index (χ1n) is 9.20. The van der Waals surface area contributed by atoms with E-state index < -0.39 is 43.3 Å². The topological polar surface area (TPSA) is 75.6 Å². The van der Waals surface area contributed by atoms with Gasteiger partial charge in [-0.3, -0.25) is 0 Å². The Kier molecular flexibility index (Phi) is 6.59. The minimum Gasteiger partial charge on any atom is -0.480 e. The fourth-order valence-electron chi connectivity index (χ4n) is 3.59. The summed E-state index contributed by atoms with van der Waals surface area (Å²) in [5.74, 6) is -4.46. The minimum atomic E-state index is -3.42. The highest BCUT2D eigenvalue weighted by Gasteiger charge is 2.36. The van der Waals surface area contributed by atoms with Gasteiger partial charge in [-0.05, 0) is 28.7 Å². The number of carboxylic acid groups (broad SMARTS) is 1. The normalized spacial score (nSPS) is 14.0. The molecule has 9 heteroatoms. The molecule has 0 radical (unpaired) electrons. The van der Waals surface area contributed by atoms with Crippen molar-refractivity contribution in [1.82, 2.24) is 5.32 Å². The number of carboxylic acids is 1. The van der Waals surface area contributed by atoms with Crippen LogP contribution in [0.4, 0.5) is 22.4 Å².